The van der Waals surface area contributed by atoms with Gasteiger partial charge in [-0.1, -0.05) is 6.92 Å². The molecule has 0 fully saturated rings. The Morgan fingerprint density at radius 2 is 2.00 bits per heavy atom. The first kappa shape index (κ1) is 14.2. The summed E-state index contributed by atoms with van der Waals surface area (Å²) in [6, 6.07) is 2.05. The fraction of sp³-hybridized carbons (Fsp3) is 0.692. The second-order valence-corrected chi connectivity index (χ2v) is 3.82. The molecule has 0 bridgehead atoms. The third-order valence-electron chi connectivity index (χ3n) is 2.45. The molecule has 1 aromatic rings. The van der Waals surface area contributed by atoms with Crippen LogP contribution < -0.4 is 5.32 Å². The van der Waals surface area contributed by atoms with Gasteiger partial charge in [-0.25, -0.2) is 0 Å². The van der Waals surface area contributed by atoms with Crippen molar-refractivity contribution < 1.29 is 13.9 Å². The first-order valence-electron chi connectivity index (χ1n) is 6.22. The molecule has 1 heterocycles. The predicted molar refractivity (Wildman–Crippen MR) is 67.0 cm³/mol. The fourth-order valence-electron chi connectivity index (χ4n) is 1.51. The standard InChI is InChI=1S/C13H23NO3/c1-4-14-9-13-8-12(11(3)17-13)10-16-7-6-15-5-2/h8,14H,4-7,9-10H2,1-3H3. The molecule has 0 unspecified atom stereocenters. The molecule has 4 nitrogen and oxygen atoms in total. The molecule has 0 saturated heterocycles. The summed E-state index contributed by atoms with van der Waals surface area (Å²) < 4.78 is 16.3. The van der Waals surface area contributed by atoms with E-state index < -0.39 is 0 Å². The van der Waals surface area contributed by atoms with E-state index >= 15 is 0 Å². The SMILES string of the molecule is CCNCc1cc(COCCOCC)c(C)o1. The van der Waals surface area contributed by atoms with Gasteiger partial charge in [-0.2, -0.15) is 0 Å². The lowest BCUT2D eigenvalue weighted by Crippen LogP contribution is -2.10. The Morgan fingerprint density at radius 3 is 2.71 bits per heavy atom. The van der Waals surface area contributed by atoms with Crippen molar-refractivity contribution in [1.82, 2.24) is 5.32 Å². The quantitative estimate of drug-likeness (QED) is 0.673. The van der Waals surface area contributed by atoms with E-state index in [0.29, 0.717) is 19.8 Å². The topological polar surface area (TPSA) is 43.6 Å². The first-order valence-corrected chi connectivity index (χ1v) is 6.22. The van der Waals surface area contributed by atoms with Crippen molar-refractivity contribution in [3.05, 3.63) is 23.2 Å². The maximum absolute atomic E-state index is 5.62. The lowest BCUT2D eigenvalue weighted by Gasteiger charge is -2.02. The largest absolute Gasteiger partial charge is 0.465 e. The number of aryl methyl sites for hydroxylation is 1. The zero-order valence-electron chi connectivity index (χ0n) is 11.0. The molecule has 0 amide bonds. The van der Waals surface area contributed by atoms with Gasteiger partial charge < -0.3 is 19.2 Å². The van der Waals surface area contributed by atoms with Crippen molar-refractivity contribution in [3.8, 4) is 0 Å². The molecule has 1 N–H and O–H groups in total. The third-order valence-corrected chi connectivity index (χ3v) is 2.45. The Bertz CT molecular complexity index is 310. The van der Waals surface area contributed by atoms with Gasteiger partial charge in [0.2, 0.25) is 0 Å². The van der Waals surface area contributed by atoms with Crippen LogP contribution in [0.3, 0.4) is 0 Å². The van der Waals surface area contributed by atoms with Crippen LogP contribution in [0.5, 0.6) is 0 Å². The third kappa shape index (κ3) is 5.35. The van der Waals surface area contributed by atoms with Gasteiger partial charge in [-0.15, -0.1) is 0 Å². The lowest BCUT2D eigenvalue weighted by molar-refractivity contribution is 0.0449. The van der Waals surface area contributed by atoms with E-state index in [1.807, 2.05) is 13.8 Å². The summed E-state index contributed by atoms with van der Waals surface area (Å²) in [6.07, 6.45) is 0. The van der Waals surface area contributed by atoms with Gasteiger partial charge in [0.15, 0.2) is 0 Å². The highest BCUT2D eigenvalue weighted by Crippen LogP contribution is 2.15. The molecular formula is C13H23NO3. The second kappa shape index (κ2) is 8.28. The van der Waals surface area contributed by atoms with E-state index in [2.05, 4.69) is 18.3 Å². The van der Waals surface area contributed by atoms with Crippen LogP contribution in [0.1, 0.15) is 30.9 Å². The van der Waals surface area contributed by atoms with Gasteiger partial charge in [0.1, 0.15) is 11.5 Å². The Morgan fingerprint density at radius 1 is 1.24 bits per heavy atom. The second-order valence-electron chi connectivity index (χ2n) is 3.82. The summed E-state index contributed by atoms with van der Waals surface area (Å²) in [4.78, 5) is 0. The average Bonchev–Trinajstić information content (AvgIpc) is 2.67. The van der Waals surface area contributed by atoms with Crippen molar-refractivity contribution in [2.24, 2.45) is 0 Å². The average molecular weight is 241 g/mol. The summed E-state index contributed by atoms with van der Waals surface area (Å²) in [7, 11) is 0. The van der Waals surface area contributed by atoms with Crippen molar-refractivity contribution in [3.63, 3.8) is 0 Å². The normalized spacial score (nSPS) is 11.0. The van der Waals surface area contributed by atoms with Crippen LogP contribution in [0.2, 0.25) is 0 Å². The minimum atomic E-state index is 0.592. The fourth-order valence-corrected chi connectivity index (χ4v) is 1.51. The molecule has 1 rings (SSSR count). The molecule has 0 aromatic carbocycles. The van der Waals surface area contributed by atoms with E-state index in [1.54, 1.807) is 0 Å². The lowest BCUT2D eigenvalue weighted by atomic mass is 10.2. The van der Waals surface area contributed by atoms with Crippen molar-refractivity contribution in [2.75, 3.05) is 26.4 Å². The Kier molecular flexibility index (Phi) is 6.93. The van der Waals surface area contributed by atoms with Crippen molar-refractivity contribution in [1.29, 1.82) is 0 Å². The number of hydrogen-bond donors (Lipinski definition) is 1. The van der Waals surface area contributed by atoms with Gasteiger partial charge in [0.05, 0.1) is 26.4 Å². The maximum atomic E-state index is 5.62. The zero-order chi connectivity index (χ0) is 12.5. The van der Waals surface area contributed by atoms with Crippen molar-refractivity contribution in [2.45, 2.75) is 33.9 Å². The van der Waals surface area contributed by atoms with Gasteiger partial charge in [-0.3, -0.25) is 0 Å². The Balaban J connectivity index is 2.29. The Labute approximate surface area is 103 Å². The monoisotopic (exact) mass is 241 g/mol. The summed E-state index contributed by atoms with van der Waals surface area (Å²) in [5, 5.41) is 3.23. The van der Waals surface area contributed by atoms with Crippen LogP contribution in [0.4, 0.5) is 0 Å². The van der Waals surface area contributed by atoms with E-state index in [-0.39, 0.29) is 0 Å². The predicted octanol–water partition coefficient (Wildman–Crippen LogP) is 2.25. The molecule has 0 radical (unpaired) electrons. The van der Waals surface area contributed by atoms with Gasteiger partial charge in [0.25, 0.3) is 0 Å². The number of hydrogen-bond acceptors (Lipinski definition) is 4. The van der Waals surface area contributed by atoms with Crippen LogP contribution in [0.15, 0.2) is 10.5 Å². The van der Waals surface area contributed by atoms with Crippen molar-refractivity contribution >= 4 is 0 Å². The molecule has 0 saturated carbocycles. The van der Waals surface area contributed by atoms with E-state index in [1.165, 1.54) is 0 Å². The van der Waals surface area contributed by atoms with Crippen LogP contribution in [0, 0.1) is 6.92 Å². The summed E-state index contributed by atoms with van der Waals surface area (Å²) in [5.74, 6) is 1.90. The first-order chi connectivity index (χ1) is 8.27. The smallest absolute Gasteiger partial charge is 0.118 e. The van der Waals surface area contributed by atoms with E-state index in [9.17, 15) is 0 Å². The minimum Gasteiger partial charge on any atom is -0.465 e. The number of rotatable bonds is 9. The number of furan rings is 1. The van der Waals surface area contributed by atoms with Gasteiger partial charge in [0, 0.05) is 12.2 Å². The summed E-state index contributed by atoms with van der Waals surface area (Å²) in [6.45, 7) is 10.3. The molecular weight excluding hydrogens is 218 g/mol. The molecule has 0 aliphatic carbocycles. The molecule has 0 aliphatic heterocycles. The van der Waals surface area contributed by atoms with E-state index in [0.717, 1.165) is 36.8 Å². The highest BCUT2D eigenvalue weighted by molar-refractivity contribution is 5.19. The summed E-state index contributed by atoms with van der Waals surface area (Å²) in [5.41, 5.74) is 1.12. The zero-order valence-corrected chi connectivity index (χ0v) is 11.0. The molecule has 0 aliphatic rings. The maximum Gasteiger partial charge on any atom is 0.118 e. The van der Waals surface area contributed by atoms with E-state index in [4.69, 9.17) is 13.9 Å². The van der Waals surface area contributed by atoms with Crippen LogP contribution >= 0.6 is 0 Å². The minimum absolute atomic E-state index is 0.592. The van der Waals surface area contributed by atoms with Gasteiger partial charge in [-0.05, 0) is 26.5 Å². The highest BCUT2D eigenvalue weighted by atomic mass is 16.5. The molecule has 17 heavy (non-hydrogen) atoms. The molecule has 1 aromatic heterocycles. The molecule has 98 valence electrons. The highest BCUT2D eigenvalue weighted by Gasteiger charge is 2.06. The molecule has 4 heteroatoms. The Hall–Kier alpha value is -0.840. The number of ether oxygens (including phenoxy) is 2. The molecule has 0 spiro atoms. The van der Waals surface area contributed by atoms with Crippen LogP contribution in [0.25, 0.3) is 0 Å². The molecule has 0 atom stereocenters. The number of nitrogens with one attached hydrogen (secondary N) is 1. The van der Waals surface area contributed by atoms with Crippen LogP contribution in [-0.4, -0.2) is 26.4 Å². The van der Waals surface area contributed by atoms with Gasteiger partial charge >= 0.3 is 0 Å². The van der Waals surface area contributed by atoms with Crippen LogP contribution in [-0.2, 0) is 22.6 Å². The summed E-state index contributed by atoms with van der Waals surface area (Å²) >= 11 is 0.